The van der Waals surface area contributed by atoms with Crippen LogP contribution in [0.25, 0.3) is 27.6 Å². The van der Waals surface area contributed by atoms with Gasteiger partial charge in [0.15, 0.2) is 0 Å². The van der Waals surface area contributed by atoms with Crippen molar-refractivity contribution in [2.75, 3.05) is 16.5 Å². The Kier molecular flexibility index (Phi) is 8.09. The van der Waals surface area contributed by atoms with Crippen LogP contribution in [-0.2, 0) is 16.2 Å². The van der Waals surface area contributed by atoms with Crippen LogP contribution in [0.3, 0.4) is 0 Å². The molecule has 0 bridgehead atoms. The van der Waals surface area contributed by atoms with Crippen LogP contribution in [0.15, 0.2) is 97.2 Å². The Morgan fingerprint density at radius 1 is 0.588 bits per heavy atom. The van der Waals surface area contributed by atoms with Crippen molar-refractivity contribution in [1.29, 1.82) is 0 Å². The lowest BCUT2D eigenvalue weighted by atomic mass is 9.84. The minimum Gasteiger partial charge on any atom is -0.457 e. The minimum absolute atomic E-state index is 0.00314. The van der Waals surface area contributed by atoms with E-state index in [9.17, 15) is 0 Å². The Labute approximate surface area is 304 Å². The van der Waals surface area contributed by atoms with Crippen molar-refractivity contribution in [3.63, 3.8) is 0 Å². The highest BCUT2D eigenvalue weighted by Crippen LogP contribution is 2.46. The van der Waals surface area contributed by atoms with E-state index >= 15 is 0 Å². The quantitative estimate of drug-likeness (QED) is 0.186. The topological polar surface area (TPSA) is 33.5 Å². The molecule has 0 saturated carbocycles. The molecule has 4 aromatic carbocycles. The van der Waals surface area contributed by atoms with Crippen molar-refractivity contribution in [3.8, 4) is 17.3 Å². The fourth-order valence-corrected chi connectivity index (χ4v) is 7.37. The molecule has 0 unspecified atom stereocenters. The number of pyridine rings is 1. The number of benzene rings is 4. The zero-order valence-corrected chi connectivity index (χ0v) is 32.6. The molecule has 0 N–H and O–H groups in total. The molecule has 0 radical (unpaired) electrons. The molecule has 2 aromatic heterocycles. The molecule has 0 atom stereocenters. The van der Waals surface area contributed by atoms with Gasteiger partial charge in [-0.2, -0.15) is 0 Å². The molecule has 3 heterocycles. The van der Waals surface area contributed by atoms with E-state index in [-0.39, 0.29) is 21.8 Å². The van der Waals surface area contributed by atoms with Gasteiger partial charge in [-0.1, -0.05) is 86.6 Å². The van der Waals surface area contributed by atoms with Crippen LogP contribution in [0.5, 0.6) is 11.5 Å². The van der Waals surface area contributed by atoms with Crippen LogP contribution in [0.4, 0.5) is 17.1 Å². The monoisotopic (exact) mass is 678 g/mol. The normalized spacial score (nSPS) is 14.1. The SMILES string of the molecule is CC(C)(C)c1cc(Oc2ccc3c4c(C(C)(C)C)cccc4n(-c4cc(C(C)(C)C)ccn4)c3c2)cc(N2CN(C(C)(C)C)c3ccccc32)c1. The van der Waals surface area contributed by atoms with Gasteiger partial charge in [0, 0.05) is 40.3 Å². The lowest BCUT2D eigenvalue weighted by Gasteiger charge is -2.34. The van der Waals surface area contributed by atoms with Crippen LogP contribution in [0.2, 0.25) is 0 Å². The summed E-state index contributed by atoms with van der Waals surface area (Å²) in [5.41, 5.74) is 9.52. The van der Waals surface area contributed by atoms with E-state index in [0.717, 1.165) is 40.7 Å². The van der Waals surface area contributed by atoms with Crippen molar-refractivity contribution in [3.05, 3.63) is 114 Å². The van der Waals surface area contributed by atoms with Crippen LogP contribution < -0.4 is 14.5 Å². The number of anilines is 3. The molecule has 5 nitrogen and oxygen atoms in total. The molecule has 0 amide bonds. The number of fused-ring (bicyclic) bond motifs is 4. The summed E-state index contributed by atoms with van der Waals surface area (Å²) in [7, 11) is 0. The summed E-state index contributed by atoms with van der Waals surface area (Å²) < 4.78 is 9.21. The van der Waals surface area contributed by atoms with Gasteiger partial charge >= 0.3 is 0 Å². The molecule has 0 fully saturated rings. The van der Waals surface area contributed by atoms with Crippen molar-refractivity contribution < 1.29 is 4.74 Å². The molecular weight excluding hydrogens is 625 g/mol. The second kappa shape index (κ2) is 11.9. The standard InChI is InChI=1S/C46H54N4O/c1-43(2,3)30-22-23-47-41(26-30)50-39-19-15-16-36(45(7,8)9)42(39)35-21-20-33(28-40(35)50)51-34-25-31(44(4,5)6)24-32(27-34)48-29-49(46(10,11)12)38-18-14-13-17-37(38)48/h13-28H,29H2,1-12H3. The maximum Gasteiger partial charge on any atom is 0.137 e. The van der Waals surface area contributed by atoms with Crippen LogP contribution in [0.1, 0.15) is 99.8 Å². The summed E-state index contributed by atoms with van der Waals surface area (Å²) in [5.74, 6) is 2.54. The molecular formula is C46H54N4O. The second-order valence-corrected chi connectivity index (χ2v) is 18.3. The summed E-state index contributed by atoms with van der Waals surface area (Å²) >= 11 is 0. The Morgan fingerprint density at radius 2 is 1.29 bits per heavy atom. The van der Waals surface area contributed by atoms with Gasteiger partial charge in [-0.05, 0) is 108 Å². The smallest absolute Gasteiger partial charge is 0.137 e. The predicted octanol–water partition coefficient (Wildman–Crippen LogP) is 12.6. The third-order valence-electron chi connectivity index (χ3n) is 10.3. The van der Waals surface area contributed by atoms with Crippen LogP contribution in [0, 0.1) is 0 Å². The molecule has 1 aliphatic rings. The van der Waals surface area contributed by atoms with Gasteiger partial charge in [0.2, 0.25) is 0 Å². The minimum atomic E-state index is -0.0689. The number of hydrogen-bond acceptors (Lipinski definition) is 4. The number of rotatable bonds is 4. The van der Waals surface area contributed by atoms with E-state index in [1.807, 2.05) is 6.20 Å². The summed E-state index contributed by atoms with van der Waals surface area (Å²) in [4.78, 5) is 9.85. The van der Waals surface area contributed by atoms with Gasteiger partial charge in [-0.25, -0.2) is 4.98 Å². The van der Waals surface area contributed by atoms with E-state index in [1.165, 1.54) is 38.8 Å². The Bertz CT molecular complexity index is 2270. The van der Waals surface area contributed by atoms with Crippen molar-refractivity contribution in [1.82, 2.24) is 9.55 Å². The first-order valence-corrected chi connectivity index (χ1v) is 18.3. The molecule has 7 rings (SSSR count). The average Bonchev–Trinajstić information content (AvgIpc) is 3.60. The molecule has 0 spiro atoms. The Morgan fingerprint density at radius 3 is 1.96 bits per heavy atom. The van der Waals surface area contributed by atoms with Crippen molar-refractivity contribution >= 4 is 38.9 Å². The summed E-state index contributed by atoms with van der Waals surface area (Å²) in [6, 6.07) is 33.1. The third-order valence-corrected chi connectivity index (χ3v) is 10.3. The molecule has 5 heteroatoms. The van der Waals surface area contributed by atoms with Gasteiger partial charge in [0.05, 0.1) is 29.1 Å². The van der Waals surface area contributed by atoms with Gasteiger partial charge in [0.1, 0.15) is 17.3 Å². The highest BCUT2D eigenvalue weighted by molar-refractivity contribution is 6.11. The summed E-state index contributed by atoms with van der Waals surface area (Å²) in [5, 5.41) is 2.47. The van der Waals surface area contributed by atoms with E-state index in [2.05, 4.69) is 188 Å². The van der Waals surface area contributed by atoms with E-state index in [4.69, 9.17) is 9.72 Å². The Balaban J connectivity index is 1.39. The fraction of sp³-hybridized carbons (Fsp3) is 0.370. The van der Waals surface area contributed by atoms with Gasteiger partial charge < -0.3 is 14.5 Å². The largest absolute Gasteiger partial charge is 0.457 e. The van der Waals surface area contributed by atoms with Gasteiger partial charge in [-0.3, -0.25) is 4.57 Å². The van der Waals surface area contributed by atoms with E-state index in [0.29, 0.717) is 0 Å². The number of aromatic nitrogens is 2. The van der Waals surface area contributed by atoms with Crippen molar-refractivity contribution in [2.24, 2.45) is 0 Å². The number of hydrogen-bond donors (Lipinski definition) is 0. The number of nitrogens with zero attached hydrogens (tertiary/aromatic N) is 4. The average molecular weight is 679 g/mol. The maximum absolute atomic E-state index is 6.89. The second-order valence-electron chi connectivity index (χ2n) is 18.3. The molecule has 51 heavy (non-hydrogen) atoms. The maximum atomic E-state index is 6.89. The zero-order valence-electron chi connectivity index (χ0n) is 32.6. The molecule has 0 saturated heterocycles. The molecule has 264 valence electrons. The first kappa shape index (κ1) is 34.7. The first-order valence-electron chi connectivity index (χ1n) is 18.3. The van der Waals surface area contributed by atoms with Crippen molar-refractivity contribution in [2.45, 2.75) is 105 Å². The van der Waals surface area contributed by atoms with Crippen LogP contribution in [-0.4, -0.2) is 21.8 Å². The highest BCUT2D eigenvalue weighted by atomic mass is 16.5. The predicted molar refractivity (Wildman–Crippen MR) is 217 cm³/mol. The number of para-hydroxylation sites is 2. The number of ether oxygens (including phenoxy) is 1. The third kappa shape index (κ3) is 6.37. The first-order chi connectivity index (χ1) is 23.8. The highest BCUT2D eigenvalue weighted by Gasteiger charge is 2.34. The summed E-state index contributed by atoms with van der Waals surface area (Å²) in [6.45, 7) is 28.1. The summed E-state index contributed by atoms with van der Waals surface area (Å²) in [6.07, 6.45) is 1.94. The molecule has 0 aliphatic carbocycles. The molecule has 1 aliphatic heterocycles. The molecule has 6 aromatic rings. The zero-order chi connectivity index (χ0) is 36.7. The van der Waals surface area contributed by atoms with E-state index in [1.54, 1.807) is 0 Å². The fourth-order valence-electron chi connectivity index (χ4n) is 7.37. The van der Waals surface area contributed by atoms with E-state index < -0.39 is 0 Å². The van der Waals surface area contributed by atoms with Gasteiger partial charge in [0.25, 0.3) is 0 Å². The lowest BCUT2D eigenvalue weighted by molar-refractivity contribution is 0.479. The van der Waals surface area contributed by atoms with Crippen LogP contribution >= 0.6 is 0 Å². The lowest BCUT2D eigenvalue weighted by Crippen LogP contribution is -2.42. The Hall–Kier alpha value is -4.77. The van der Waals surface area contributed by atoms with Gasteiger partial charge in [-0.15, -0.1) is 0 Å².